The summed E-state index contributed by atoms with van der Waals surface area (Å²) in [5, 5.41) is 2.81. The number of rotatable bonds is 6. The molecule has 24 heavy (non-hydrogen) atoms. The van der Waals surface area contributed by atoms with Crippen LogP contribution in [0.2, 0.25) is 0 Å². The van der Waals surface area contributed by atoms with Crippen molar-refractivity contribution in [2.75, 3.05) is 12.3 Å². The number of hydrogen-bond donors (Lipinski definition) is 2. The maximum atomic E-state index is 10.8. The van der Waals surface area contributed by atoms with Gasteiger partial charge in [-0.15, -0.1) is 0 Å². The van der Waals surface area contributed by atoms with Gasteiger partial charge in [-0.1, -0.05) is 6.07 Å². The van der Waals surface area contributed by atoms with Crippen LogP contribution in [0.25, 0.3) is 16.9 Å². The highest BCUT2D eigenvalue weighted by molar-refractivity contribution is 5.77. The van der Waals surface area contributed by atoms with Crippen molar-refractivity contribution in [2.24, 2.45) is 0 Å². The first-order valence-electron chi connectivity index (χ1n) is 7.93. The lowest BCUT2D eigenvalue weighted by Crippen LogP contribution is -2.20. The van der Waals surface area contributed by atoms with E-state index in [4.69, 9.17) is 5.73 Å². The van der Waals surface area contributed by atoms with Gasteiger partial charge in [-0.05, 0) is 43.0 Å². The van der Waals surface area contributed by atoms with E-state index in [0.717, 1.165) is 36.8 Å². The molecule has 3 rings (SSSR count). The zero-order chi connectivity index (χ0) is 16.9. The predicted octanol–water partition coefficient (Wildman–Crippen LogP) is 1.86. The minimum Gasteiger partial charge on any atom is -0.368 e. The zero-order valence-corrected chi connectivity index (χ0v) is 13.6. The summed E-state index contributed by atoms with van der Waals surface area (Å²) in [6.45, 7) is 2.25. The smallest absolute Gasteiger partial charge is 0.221 e. The number of nitrogen functional groups attached to an aromatic ring is 1. The maximum absolute atomic E-state index is 10.8. The number of benzene rings is 1. The lowest BCUT2D eigenvalue weighted by molar-refractivity contribution is -0.118. The molecule has 0 spiro atoms. The first-order chi connectivity index (χ1) is 11.6. The van der Waals surface area contributed by atoms with Gasteiger partial charge in [0.05, 0.1) is 11.0 Å². The molecule has 0 bridgehead atoms. The molecular weight excluding hydrogens is 304 g/mol. The summed E-state index contributed by atoms with van der Waals surface area (Å²) in [6, 6.07) is 8.03. The monoisotopic (exact) mass is 324 g/mol. The van der Waals surface area contributed by atoms with Crippen LogP contribution in [0.3, 0.4) is 0 Å². The second-order valence-corrected chi connectivity index (χ2v) is 5.65. The molecule has 0 fully saturated rings. The third kappa shape index (κ3) is 3.68. The quantitative estimate of drug-likeness (QED) is 0.674. The van der Waals surface area contributed by atoms with Crippen molar-refractivity contribution in [3.63, 3.8) is 0 Å². The molecule has 7 heteroatoms. The molecule has 0 unspecified atom stereocenters. The molecule has 0 atom stereocenters. The van der Waals surface area contributed by atoms with Gasteiger partial charge >= 0.3 is 0 Å². The molecule has 7 nitrogen and oxygen atoms in total. The number of nitrogens with two attached hydrogens (primary N) is 1. The second kappa shape index (κ2) is 7.08. The van der Waals surface area contributed by atoms with Crippen LogP contribution < -0.4 is 11.1 Å². The van der Waals surface area contributed by atoms with Gasteiger partial charge in [0.1, 0.15) is 12.1 Å². The van der Waals surface area contributed by atoms with Gasteiger partial charge in [0.25, 0.3) is 0 Å². The summed E-state index contributed by atoms with van der Waals surface area (Å²) >= 11 is 0. The number of nitrogens with zero attached hydrogens (tertiary/aromatic N) is 4. The summed E-state index contributed by atoms with van der Waals surface area (Å²) < 4.78 is 1.91. The second-order valence-electron chi connectivity index (χ2n) is 5.65. The van der Waals surface area contributed by atoms with Crippen LogP contribution in [0.4, 0.5) is 5.95 Å². The first-order valence-corrected chi connectivity index (χ1v) is 7.93. The first kappa shape index (κ1) is 15.9. The van der Waals surface area contributed by atoms with E-state index in [2.05, 4.69) is 32.4 Å². The molecule has 2 aromatic heterocycles. The van der Waals surface area contributed by atoms with Crippen LogP contribution in [0.15, 0.2) is 36.8 Å². The molecule has 0 saturated heterocycles. The molecule has 0 aliphatic carbocycles. The van der Waals surface area contributed by atoms with Crippen molar-refractivity contribution in [3.05, 3.63) is 42.4 Å². The van der Waals surface area contributed by atoms with Gasteiger partial charge in [-0.25, -0.2) is 9.97 Å². The van der Waals surface area contributed by atoms with Crippen molar-refractivity contribution < 1.29 is 4.79 Å². The molecule has 3 aromatic rings. The fourth-order valence-corrected chi connectivity index (χ4v) is 2.61. The normalized spacial score (nSPS) is 10.9. The Morgan fingerprint density at radius 3 is 2.92 bits per heavy atom. The van der Waals surface area contributed by atoms with Gasteiger partial charge in [-0.3, -0.25) is 9.36 Å². The van der Waals surface area contributed by atoms with Crippen molar-refractivity contribution >= 4 is 22.9 Å². The van der Waals surface area contributed by atoms with Crippen molar-refractivity contribution in [2.45, 2.75) is 26.2 Å². The Hall–Kier alpha value is -2.96. The number of aromatic nitrogens is 4. The lowest BCUT2D eigenvalue weighted by atomic mass is 10.1. The number of carbonyl (C=O) groups excluding carboxylic acids is 1. The van der Waals surface area contributed by atoms with Crippen molar-refractivity contribution in [3.8, 4) is 5.82 Å². The number of anilines is 1. The van der Waals surface area contributed by atoms with Crippen LogP contribution in [-0.2, 0) is 11.2 Å². The van der Waals surface area contributed by atoms with Crippen LogP contribution in [0.1, 0.15) is 25.3 Å². The number of imidazole rings is 1. The summed E-state index contributed by atoms with van der Waals surface area (Å²) in [5.74, 6) is 0.959. The Morgan fingerprint density at radius 1 is 1.25 bits per heavy atom. The Labute approximate surface area is 139 Å². The van der Waals surface area contributed by atoms with Crippen LogP contribution >= 0.6 is 0 Å². The van der Waals surface area contributed by atoms with E-state index < -0.39 is 0 Å². The van der Waals surface area contributed by atoms with Gasteiger partial charge in [-0.2, -0.15) is 4.98 Å². The fourth-order valence-electron chi connectivity index (χ4n) is 2.61. The number of carbonyl (C=O) groups is 1. The van der Waals surface area contributed by atoms with Gasteiger partial charge in [0, 0.05) is 19.7 Å². The molecule has 0 saturated carbocycles. The summed E-state index contributed by atoms with van der Waals surface area (Å²) in [6.07, 6.45) is 6.30. The Bertz CT molecular complexity index is 857. The van der Waals surface area contributed by atoms with Gasteiger partial charge < -0.3 is 11.1 Å². The standard InChI is InChI=1S/C17H20N6O/c1-12(24)19-8-3-2-4-13-5-6-14-15(10-13)23(11-21-14)16-7-9-20-17(18)22-16/h5-7,9-11H,2-4,8H2,1H3,(H,19,24)(H2,18,20,22). The highest BCUT2D eigenvalue weighted by Gasteiger charge is 2.07. The third-order valence-corrected chi connectivity index (χ3v) is 3.78. The highest BCUT2D eigenvalue weighted by atomic mass is 16.1. The minimum atomic E-state index is 0.0180. The average molecular weight is 324 g/mol. The molecule has 124 valence electrons. The van der Waals surface area contributed by atoms with Gasteiger partial charge in [0.2, 0.25) is 11.9 Å². The maximum Gasteiger partial charge on any atom is 0.221 e. The third-order valence-electron chi connectivity index (χ3n) is 3.78. The Kier molecular flexibility index (Phi) is 4.69. The SMILES string of the molecule is CC(=O)NCCCCc1ccc2ncn(-c3ccnc(N)n3)c2c1. The molecule has 0 aliphatic rings. The molecule has 0 aliphatic heterocycles. The van der Waals surface area contributed by atoms with E-state index in [9.17, 15) is 4.79 Å². The Balaban J connectivity index is 1.75. The van der Waals surface area contributed by atoms with E-state index in [1.807, 2.05) is 10.6 Å². The number of unbranched alkanes of at least 4 members (excludes halogenated alkanes) is 1. The summed E-state index contributed by atoms with van der Waals surface area (Å²) in [7, 11) is 0. The highest BCUT2D eigenvalue weighted by Crippen LogP contribution is 2.19. The van der Waals surface area contributed by atoms with E-state index in [1.165, 1.54) is 12.5 Å². The summed E-state index contributed by atoms with van der Waals surface area (Å²) in [4.78, 5) is 23.4. The molecular formula is C17H20N6O. The topological polar surface area (TPSA) is 98.7 Å². The fraction of sp³-hybridized carbons (Fsp3) is 0.294. The number of nitrogens with one attached hydrogen (secondary N) is 1. The molecule has 2 heterocycles. The largest absolute Gasteiger partial charge is 0.368 e. The predicted molar refractivity (Wildman–Crippen MR) is 92.7 cm³/mol. The molecule has 3 N–H and O–H groups in total. The minimum absolute atomic E-state index is 0.0180. The number of hydrogen-bond acceptors (Lipinski definition) is 5. The number of fused-ring (bicyclic) bond motifs is 1. The van der Waals surface area contributed by atoms with Crippen molar-refractivity contribution in [1.29, 1.82) is 0 Å². The van der Waals surface area contributed by atoms with Crippen LogP contribution in [0.5, 0.6) is 0 Å². The van der Waals surface area contributed by atoms with Crippen LogP contribution in [-0.4, -0.2) is 32.0 Å². The number of amides is 1. The lowest BCUT2D eigenvalue weighted by Gasteiger charge is -2.06. The number of aryl methyl sites for hydroxylation is 1. The molecule has 1 amide bonds. The molecule has 1 aromatic carbocycles. The molecule has 0 radical (unpaired) electrons. The Morgan fingerprint density at radius 2 is 2.12 bits per heavy atom. The zero-order valence-electron chi connectivity index (χ0n) is 13.6. The van der Waals surface area contributed by atoms with E-state index in [0.29, 0.717) is 5.82 Å². The average Bonchev–Trinajstić information content (AvgIpc) is 2.97. The van der Waals surface area contributed by atoms with Gasteiger partial charge in [0.15, 0.2) is 0 Å². The summed E-state index contributed by atoms with van der Waals surface area (Å²) in [5.41, 5.74) is 8.80. The van der Waals surface area contributed by atoms with Crippen molar-refractivity contribution in [1.82, 2.24) is 24.8 Å². The van der Waals surface area contributed by atoms with Crippen LogP contribution in [0, 0.1) is 0 Å². The van der Waals surface area contributed by atoms with E-state index in [1.54, 1.807) is 18.6 Å². The van der Waals surface area contributed by atoms with E-state index >= 15 is 0 Å². The van der Waals surface area contributed by atoms with E-state index in [-0.39, 0.29) is 11.9 Å².